The van der Waals surface area contributed by atoms with Crippen molar-refractivity contribution in [2.24, 2.45) is 0 Å². The smallest absolute Gasteiger partial charge is 0.122 e. The van der Waals surface area contributed by atoms with Crippen molar-refractivity contribution in [3.05, 3.63) is 64.7 Å². The van der Waals surface area contributed by atoms with E-state index in [4.69, 9.17) is 4.74 Å². The molecule has 1 unspecified atom stereocenters. The molecule has 0 aromatic heterocycles. The zero-order valence-electron chi connectivity index (χ0n) is 17.8. The van der Waals surface area contributed by atoms with Crippen molar-refractivity contribution in [3.63, 3.8) is 0 Å². The number of piperazine rings is 1. The molecule has 1 N–H and O–H groups in total. The summed E-state index contributed by atoms with van der Waals surface area (Å²) in [5, 5.41) is 9.59. The highest BCUT2D eigenvalue weighted by Gasteiger charge is 2.26. The molecule has 1 atom stereocenters. The molecule has 29 heavy (non-hydrogen) atoms. The second-order valence-electron chi connectivity index (χ2n) is 7.72. The molecule has 0 aliphatic carbocycles. The molecule has 1 aliphatic rings. The molecule has 1 heterocycles. The van der Waals surface area contributed by atoms with Crippen molar-refractivity contribution in [1.29, 1.82) is 0 Å². The van der Waals surface area contributed by atoms with Crippen LogP contribution in [0.4, 0.5) is 0 Å². The predicted molar refractivity (Wildman–Crippen MR) is 118 cm³/mol. The summed E-state index contributed by atoms with van der Waals surface area (Å²) >= 11 is 0. The lowest BCUT2D eigenvalue weighted by Gasteiger charge is -2.41. The fourth-order valence-electron chi connectivity index (χ4n) is 3.97. The third-order valence-corrected chi connectivity index (χ3v) is 5.90. The largest absolute Gasteiger partial charge is 0.496 e. The monoisotopic (exact) mass is 392 g/mol. The van der Waals surface area contributed by atoms with Crippen molar-refractivity contribution in [1.82, 2.24) is 9.80 Å². The van der Waals surface area contributed by atoms with Gasteiger partial charge in [-0.2, -0.15) is 0 Å². The summed E-state index contributed by atoms with van der Waals surface area (Å²) in [6.45, 7) is 9.11. The Balaban J connectivity index is 1.63. The van der Waals surface area contributed by atoms with Crippen molar-refractivity contribution in [2.45, 2.75) is 32.9 Å². The van der Waals surface area contributed by atoms with Crippen molar-refractivity contribution in [2.75, 3.05) is 39.9 Å². The Morgan fingerprint density at radius 3 is 2.59 bits per heavy atom. The van der Waals surface area contributed by atoms with Crippen molar-refractivity contribution in [3.8, 4) is 17.6 Å². The van der Waals surface area contributed by atoms with Crippen molar-refractivity contribution >= 4 is 0 Å². The number of hydrogen-bond donors (Lipinski definition) is 1. The van der Waals surface area contributed by atoms with Crippen LogP contribution < -0.4 is 4.74 Å². The highest BCUT2D eigenvalue weighted by Crippen LogP contribution is 2.26. The lowest BCUT2D eigenvalue weighted by molar-refractivity contribution is 0.0604. The highest BCUT2D eigenvalue weighted by atomic mass is 16.5. The summed E-state index contributed by atoms with van der Waals surface area (Å²) < 4.78 is 5.45. The van der Waals surface area contributed by atoms with E-state index in [0.717, 1.165) is 50.5 Å². The molecule has 1 aliphatic heterocycles. The number of hydrogen-bond acceptors (Lipinski definition) is 4. The molecule has 0 bridgehead atoms. The van der Waals surface area contributed by atoms with Gasteiger partial charge in [-0.15, -0.1) is 0 Å². The molecular weight excluding hydrogens is 360 g/mol. The first-order valence-electron chi connectivity index (χ1n) is 10.4. The molecular formula is C25H32N2O2. The fraction of sp³-hybridized carbons (Fsp3) is 0.440. The minimum atomic E-state index is 0.214. The van der Waals surface area contributed by atoms with Gasteiger partial charge >= 0.3 is 0 Å². The third-order valence-electron chi connectivity index (χ3n) is 5.90. The van der Waals surface area contributed by atoms with Gasteiger partial charge in [-0.1, -0.05) is 36.1 Å². The first kappa shape index (κ1) is 21.4. The van der Waals surface area contributed by atoms with Gasteiger partial charge in [-0.3, -0.25) is 9.80 Å². The number of methoxy groups -OCH3 is 1. The zero-order chi connectivity index (χ0) is 20.6. The minimum Gasteiger partial charge on any atom is -0.496 e. The molecule has 1 fully saturated rings. The SMILES string of the molecule is COc1ccc(CN2CCN(CC#Cc3ccccc3)CC2CCO)c(C)c1C. The minimum absolute atomic E-state index is 0.214. The molecule has 154 valence electrons. The molecule has 2 aromatic carbocycles. The Labute approximate surface area is 175 Å². The Morgan fingerprint density at radius 2 is 1.86 bits per heavy atom. The Morgan fingerprint density at radius 1 is 1.07 bits per heavy atom. The van der Waals surface area contributed by atoms with Gasteiger partial charge in [0.05, 0.1) is 13.7 Å². The number of ether oxygens (including phenoxy) is 1. The van der Waals surface area contributed by atoms with E-state index in [0.29, 0.717) is 6.04 Å². The van der Waals surface area contributed by atoms with Crippen LogP contribution in [-0.2, 0) is 6.54 Å². The van der Waals surface area contributed by atoms with Crippen LogP contribution in [0.25, 0.3) is 0 Å². The van der Waals surface area contributed by atoms with E-state index < -0.39 is 0 Å². The Hall–Kier alpha value is -2.32. The Bertz CT molecular complexity index is 854. The van der Waals surface area contributed by atoms with Crippen LogP contribution >= 0.6 is 0 Å². The number of aliphatic hydroxyl groups is 1. The normalized spacial score (nSPS) is 17.6. The van der Waals surface area contributed by atoms with Crippen LogP contribution in [0.1, 0.15) is 28.7 Å². The van der Waals surface area contributed by atoms with Crippen molar-refractivity contribution < 1.29 is 9.84 Å². The summed E-state index contributed by atoms with van der Waals surface area (Å²) in [6, 6.07) is 14.7. The van der Waals surface area contributed by atoms with Gasteiger partial charge < -0.3 is 9.84 Å². The Kier molecular flexibility index (Phi) is 7.71. The molecule has 2 aromatic rings. The zero-order valence-corrected chi connectivity index (χ0v) is 17.8. The van der Waals surface area contributed by atoms with E-state index in [9.17, 15) is 5.11 Å². The molecule has 0 radical (unpaired) electrons. The van der Waals surface area contributed by atoms with Gasteiger partial charge in [0.15, 0.2) is 0 Å². The van der Waals surface area contributed by atoms with E-state index in [-0.39, 0.29) is 6.61 Å². The second kappa shape index (κ2) is 10.5. The van der Waals surface area contributed by atoms with Gasteiger partial charge in [0.1, 0.15) is 5.75 Å². The first-order chi connectivity index (χ1) is 14.1. The average molecular weight is 393 g/mol. The number of benzene rings is 2. The fourth-order valence-corrected chi connectivity index (χ4v) is 3.97. The first-order valence-corrected chi connectivity index (χ1v) is 10.4. The number of rotatable bonds is 6. The maximum absolute atomic E-state index is 9.59. The second-order valence-corrected chi connectivity index (χ2v) is 7.72. The molecule has 0 spiro atoms. The van der Waals surface area contributed by atoms with Gasteiger partial charge in [0.25, 0.3) is 0 Å². The lowest BCUT2D eigenvalue weighted by Crippen LogP contribution is -2.53. The van der Waals surface area contributed by atoms with Crippen LogP contribution in [0.15, 0.2) is 42.5 Å². The van der Waals surface area contributed by atoms with E-state index in [2.05, 4.69) is 47.6 Å². The van der Waals surface area contributed by atoms with E-state index in [1.165, 1.54) is 16.7 Å². The standard InChI is InChI=1S/C25H32N2O2/c1-20-21(2)25(29-3)12-11-23(20)18-27-16-15-26(19-24(27)13-17-28)14-7-10-22-8-5-4-6-9-22/h4-6,8-9,11-12,24,28H,13-19H2,1-3H3. The molecule has 3 rings (SSSR count). The topological polar surface area (TPSA) is 35.9 Å². The lowest BCUT2D eigenvalue weighted by atomic mass is 10.00. The summed E-state index contributed by atoms with van der Waals surface area (Å²) in [4.78, 5) is 4.91. The van der Waals surface area contributed by atoms with Gasteiger partial charge in [-0.05, 0) is 55.2 Å². The summed E-state index contributed by atoms with van der Waals surface area (Å²) in [5.74, 6) is 7.50. The molecule has 0 saturated carbocycles. The van der Waals surface area contributed by atoms with Crippen LogP contribution in [0, 0.1) is 25.7 Å². The maximum atomic E-state index is 9.59. The van der Waals surface area contributed by atoms with Crippen LogP contribution in [0.2, 0.25) is 0 Å². The quantitative estimate of drug-likeness (QED) is 0.766. The van der Waals surface area contributed by atoms with Crippen LogP contribution in [0.5, 0.6) is 5.75 Å². The maximum Gasteiger partial charge on any atom is 0.122 e. The summed E-state index contributed by atoms with van der Waals surface area (Å²) in [7, 11) is 1.72. The van der Waals surface area contributed by atoms with Gasteiger partial charge in [0.2, 0.25) is 0 Å². The van der Waals surface area contributed by atoms with Crippen LogP contribution in [-0.4, -0.2) is 60.8 Å². The number of aliphatic hydroxyl groups excluding tert-OH is 1. The van der Waals surface area contributed by atoms with Gasteiger partial charge in [-0.25, -0.2) is 0 Å². The summed E-state index contributed by atoms with van der Waals surface area (Å²) in [5.41, 5.74) is 4.90. The van der Waals surface area contributed by atoms with Gasteiger partial charge in [0, 0.05) is 44.4 Å². The van der Waals surface area contributed by atoms with E-state index in [1.807, 2.05) is 30.3 Å². The highest BCUT2D eigenvalue weighted by molar-refractivity contribution is 5.43. The van der Waals surface area contributed by atoms with E-state index >= 15 is 0 Å². The van der Waals surface area contributed by atoms with E-state index in [1.54, 1.807) is 7.11 Å². The number of nitrogens with zero attached hydrogens (tertiary/aromatic N) is 2. The molecule has 4 nitrogen and oxygen atoms in total. The van der Waals surface area contributed by atoms with Crippen LogP contribution in [0.3, 0.4) is 0 Å². The summed E-state index contributed by atoms with van der Waals surface area (Å²) in [6.07, 6.45) is 0.788. The molecule has 4 heteroatoms. The third kappa shape index (κ3) is 5.61. The average Bonchev–Trinajstić information content (AvgIpc) is 2.74. The molecule has 1 saturated heterocycles. The predicted octanol–water partition coefficient (Wildman–Crippen LogP) is 3.23. The molecule has 0 amide bonds.